The topological polar surface area (TPSA) is 52.0 Å². The fourth-order valence-corrected chi connectivity index (χ4v) is 1.46. The van der Waals surface area contributed by atoms with Gasteiger partial charge in [-0.3, -0.25) is 0 Å². The first kappa shape index (κ1) is 11.5. The van der Waals surface area contributed by atoms with Crippen LogP contribution in [0, 0.1) is 11.3 Å². The van der Waals surface area contributed by atoms with Crippen LogP contribution >= 0.6 is 0 Å². The molecule has 1 aromatic heterocycles. The molecule has 0 bridgehead atoms. The van der Waals surface area contributed by atoms with Crippen molar-refractivity contribution >= 4 is 5.69 Å². The second kappa shape index (κ2) is 5.32. The van der Waals surface area contributed by atoms with Crippen LogP contribution in [-0.2, 0) is 0 Å². The largest absolute Gasteiger partial charge is 0.381 e. The molecule has 1 aromatic rings. The van der Waals surface area contributed by atoms with Gasteiger partial charge in [-0.1, -0.05) is 0 Å². The number of hydrogen-bond donors (Lipinski definition) is 1. The Balaban J connectivity index is 2.60. The van der Waals surface area contributed by atoms with Gasteiger partial charge in [0.2, 0.25) is 0 Å². The predicted octanol–water partition coefficient (Wildman–Crippen LogP) is 1.32. The number of rotatable bonds is 4. The molecule has 1 heterocycles. The summed E-state index contributed by atoms with van der Waals surface area (Å²) in [5, 5.41) is 12.0. The summed E-state index contributed by atoms with van der Waals surface area (Å²) in [4.78, 5) is 6.03. The molecule has 1 N–H and O–H groups in total. The van der Waals surface area contributed by atoms with Crippen LogP contribution in [0.1, 0.15) is 12.6 Å². The fourth-order valence-electron chi connectivity index (χ4n) is 1.46. The van der Waals surface area contributed by atoms with E-state index in [0.717, 1.165) is 12.2 Å². The highest BCUT2D eigenvalue weighted by atomic mass is 15.1. The smallest absolute Gasteiger partial charge is 0.142 e. The Morgan fingerprint density at radius 1 is 1.60 bits per heavy atom. The van der Waals surface area contributed by atoms with Crippen molar-refractivity contribution in [1.82, 2.24) is 9.88 Å². The van der Waals surface area contributed by atoms with Gasteiger partial charge >= 0.3 is 0 Å². The van der Waals surface area contributed by atoms with Gasteiger partial charge in [-0.25, -0.2) is 4.98 Å². The number of nitriles is 1. The van der Waals surface area contributed by atoms with Crippen LogP contribution in [0.2, 0.25) is 0 Å². The zero-order valence-electron chi connectivity index (χ0n) is 9.36. The number of hydrogen-bond acceptors (Lipinski definition) is 4. The Kier molecular flexibility index (Phi) is 4.07. The third-order valence-corrected chi connectivity index (χ3v) is 1.93. The summed E-state index contributed by atoms with van der Waals surface area (Å²) in [5.74, 6) is 0. The van der Waals surface area contributed by atoms with Gasteiger partial charge in [0.15, 0.2) is 0 Å². The van der Waals surface area contributed by atoms with Gasteiger partial charge in [0.05, 0.1) is 0 Å². The average Bonchev–Trinajstić information content (AvgIpc) is 2.16. The van der Waals surface area contributed by atoms with E-state index in [1.54, 1.807) is 12.3 Å². The highest BCUT2D eigenvalue weighted by Gasteiger charge is 2.03. The van der Waals surface area contributed by atoms with E-state index in [4.69, 9.17) is 5.26 Å². The maximum absolute atomic E-state index is 8.69. The number of nitrogens with one attached hydrogen (secondary N) is 1. The minimum Gasteiger partial charge on any atom is -0.381 e. The molecule has 0 aliphatic heterocycles. The molecule has 0 amide bonds. The Morgan fingerprint density at radius 3 is 2.93 bits per heavy atom. The monoisotopic (exact) mass is 204 g/mol. The van der Waals surface area contributed by atoms with Crippen molar-refractivity contribution in [2.75, 3.05) is 26.0 Å². The van der Waals surface area contributed by atoms with Gasteiger partial charge in [0.1, 0.15) is 11.8 Å². The van der Waals surface area contributed by atoms with Crippen LogP contribution in [0.25, 0.3) is 0 Å². The lowest BCUT2D eigenvalue weighted by Crippen LogP contribution is -2.29. The lowest BCUT2D eigenvalue weighted by molar-refractivity contribution is 0.392. The Labute approximate surface area is 90.5 Å². The summed E-state index contributed by atoms with van der Waals surface area (Å²) < 4.78 is 0. The Hall–Kier alpha value is -1.60. The number of pyridine rings is 1. The van der Waals surface area contributed by atoms with Gasteiger partial charge in [-0.15, -0.1) is 0 Å². The number of nitrogens with zero attached hydrogens (tertiary/aromatic N) is 3. The van der Waals surface area contributed by atoms with Crippen molar-refractivity contribution in [1.29, 1.82) is 5.26 Å². The van der Waals surface area contributed by atoms with Crippen LogP contribution in [-0.4, -0.2) is 36.6 Å². The minimum absolute atomic E-state index is 0.342. The average molecular weight is 204 g/mol. The first-order chi connectivity index (χ1) is 7.11. The van der Waals surface area contributed by atoms with Gasteiger partial charge < -0.3 is 10.2 Å². The number of aromatic nitrogens is 1. The van der Waals surface area contributed by atoms with E-state index in [1.807, 2.05) is 26.2 Å². The van der Waals surface area contributed by atoms with E-state index in [0.29, 0.717) is 11.7 Å². The molecule has 0 saturated carbocycles. The third kappa shape index (κ3) is 3.96. The van der Waals surface area contributed by atoms with Crippen molar-refractivity contribution < 1.29 is 0 Å². The van der Waals surface area contributed by atoms with Crippen LogP contribution in [0.5, 0.6) is 0 Å². The molecule has 1 unspecified atom stereocenters. The summed E-state index contributed by atoms with van der Waals surface area (Å²) in [6.07, 6.45) is 1.64. The lowest BCUT2D eigenvalue weighted by Gasteiger charge is -2.19. The molecular weight excluding hydrogens is 188 g/mol. The van der Waals surface area contributed by atoms with E-state index in [1.165, 1.54) is 0 Å². The van der Waals surface area contributed by atoms with Crippen molar-refractivity contribution in [2.45, 2.75) is 13.0 Å². The highest BCUT2D eigenvalue weighted by molar-refractivity contribution is 5.46. The molecule has 15 heavy (non-hydrogen) atoms. The summed E-state index contributed by atoms with van der Waals surface area (Å²) in [6.45, 7) is 3.05. The zero-order chi connectivity index (χ0) is 11.3. The van der Waals surface area contributed by atoms with E-state index in [9.17, 15) is 0 Å². The summed E-state index contributed by atoms with van der Waals surface area (Å²) in [6, 6.07) is 5.99. The first-order valence-electron chi connectivity index (χ1n) is 4.89. The lowest BCUT2D eigenvalue weighted by atomic mass is 10.2. The zero-order valence-corrected chi connectivity index (χ0v) is 9.36. The predicted molar refractivity (Wildman–Crippen MR) is 60.6 cm³/mol. The molecule has 0 spiro atoms. The van der Waals surface area contributed by atoms with Crippen molar-refractivity contribution in [3.8, 4) is 6.07 Å². The van der Waals surface area contributed by atoms with E-state index < -0.39 is 0 Å². The minimum atomic E-state index is 0.342. The Morgan fingerprint density at radius 2 is 2.33 bits per heavy atom. The summed E-state index contributed by atoms with van der Waals surface area (Å²) >= 11 is 0. The molecule has 0 radical (unpaired) electrons. The molecule has 0 fully saturated rings. The van der Waals surface area contributed by atoms with E-state index in [-0.39, 0.29) is 0 Å². The summed E-state index contributed by atoms with van der Waals surface area (Å²) in [7, 11) is 4.07. The molecule has 0 aromatic carbocycles. The molecule has 0 aliphatic carbocycles. The molecule has 0 saturated heterocycles. The van der Waals surface area contributed by atoms with Crippen LogP contribution in [0.4, 0.5) is 5.69 Å². The van der Waals surface area contributed by atoms with Crippen LogP contribution in [0.15, 0.2) is 18.3 Å². The molecule has 1 rings (SSSR count). The van der Waals surface area contributed by atoms with Gasteiger partial charge in [-0.2, -0.15) is 5.26 Å². The normalized spacial score (nSPS) is 12.2. The van der Waals surface area contributed by atoms with Crippen molar-refractivity contribution in [2.24, 2.45) is 0 Å². The van der Waals surface area contributed by atoms with E-state index in [2.05, 4.69) is 22.1 Å². The standard InChI is InChI=1S/C11H16N4/c1-9(8-15(2)3)14-10-4-5-13-11(6-10)7-12/h4-6,9H,8H2,1-3H3,(H,13,14). The van der Waals surface area contributed by atoms with Gasteiger partial charge in [0.25, 0.3) is 0 Å². The van der Waals surface area contributed by atoms with Gasteiger partial charge in [0, 0.05) is 24.5 Å². The maximum Gasteiger partial charge on any atom is 0.142 e. The first-order valence-corrected chi connectivity index (χ1v) is 4.89. The quantitative estimate of drug-likeness (QED) is 0.803. The number of likely N-dealkylation sites (N-methyl/N-ethyl adjacent to an activating group) is 1. The second-order valence-corrected chi connectivity index (χ2v) is 3.85. The molecule has 80 valence electrons. The van der Waals surface area contributed by atoms with E-state index >= 15 is 0 Å². The van der Waals surface area contributed by atoms with Gasteiger partial charge in [-0.05, 0) is 33.2 Å². The molecule has 4 nitrogen and oxygen atoms in total. The highest BCUT2D eigenvalue weighted by Crippen LogP contribution is 2.08. The maximum atomic E-state index is 8.69. The molecule has 0 aliphatic rings. The van der Waals surface area contributed by atoms with Crippen LogP contribution < -0.4 is 5.32 Å². The molecular formula is C11H16N4. The van der Waals surface area contributed by atoms with Crippen LogP contribution in [0.3, 0.4) is 0 Å². The third-order valence-electron chi connectivity index (χ3n) is 1.93. The fraction of sp³-hybridized carbons (Fsp3) is 0.455. The number of anilines is 1. The molecule has 4 heteroatoms. The molecule has 1 atom stereocenters. The van der Waals surface area contributed by atoms with Crippen molar-refractivity contribution in [3.63, 3.8) is 0 Å². The summed E-state index contributed by atoms with van der Waals surface area (Å²) in [5.41, 5.74) is 1.38. The second-order valence-electron chi connectivity index (χ2n) is 3.85. The Bertz CT molecular complexity index is 354. The SMILES string of the molecule is CC(CN(C)C)Nc1ccnc(C#N)c1. The van der Waals surface area contributed by atoms with Crippen molar-refractivity contribution in [3.05, 3.63) is 24.0 Å².